The Hall–Kier alpha value is -3.65. The lowest BCUT2D eigenvalue weighted by Gasteiger charge is -2.32. The molecule has 2 heteroatoms. The Morgan fingerprint density at radius 2 is 0.933 bits per heavy atom. The topological polar surface area (TPSA) is 29.1 Å². The van der Waals surface area contributed by atoms with E-state index in [1.165, 1.54) is 0 Å². The van der Waals surface area contributed by atoms with Crippen molar-refractivity contribution in [2.75, 3.05) is 0 Å². The first-order valence-electron chi connectivity index (χ1n) is 10.2. The van der Waals surface area contributed by atoms with Crippen LogP contribution in [0.25, 0.3) is 0 Å². The highest BCUT2D eigenvalue weighted by Crippen LogP contribution is 2.34. The number of amides is 1. The van der Waals surface area contributed by atoms with Gasteiger partial charge in [0.25, 0.3) is 0 Å². The van der Waals surface area contributed by atoms with E-state index in [1.54, 1.807) is 0 Å². The molecule has 4 rings (SSSR count). The molecule has 0 aliphatic carbocycles. The van der Waals surface area contributed by atoms with E-state index in [9.17, 15) is 4.79 Å². The van der Waals surface area contributed by atoms with E-state index in [4.69, 9.17) is 0 Å². The maximum atomic E-state index is 13.9. The summed E-state index contributed by atoms with van der Waals surface area (Å²) in [5.74, 6) is -0.0300. The number of hydrogen-bond acceptors (Lipinski definition) is 1. The third-order valence-corrected chi connectivity index (χ3v) is 5.70. The fourth-order valence-electron chi connectivity index (χ4n) is 3.90. The van der Waals surface area contributed by atoms with E-state index in [0.717, 1.165) is 22.3 Å². The van der Waals surface area contributed by atoms with E-state index in [0.29, 0.717) is 0 Å². The molecule has 4 aromatic carbocycles. The molecule has 2 nitrogen and oxygen atoms in total. The maximum Gasteiger partial charge on any atom is 0.235 e. The monoisotopic (exact) mass is 391 g/mol. The summed E-state index contributed by atoms with van der Waals surface area (Å²) in [4.78, 5) is 13.9. The van der Waals surface area contributed by atoms with Crippen LogP contribution in [0.1, 0.15) is 35.2 Å². The predicted molar refractivity (Wildman–Crippen MR) is 122 cm³/mol. The highest BCUT2D eigenvalue weighted by Gasteiger charge is 2.38. The molecule has 0 saturated heterocycles. The van der Waals surface area contributed by atoms with Gasteiger partial charge in [-0.1, -0.05) is 121 Å². The summed E-state index contributed by atoms with van der Waals surface area (Å²) < 4.78 is 0. The normalized spacial score (nSPS) is 11.3. The Labute approximate surface area is 178 Å². The first-order chi connectivity index (χ1) is 14.7. The van der Waals surface area contributed by atoms with Crippen molar-refractivity contribution < 1.29 is 4.79 Å². The van der Waals surface area contributed by atoms with Gasteiger partial charge in [-0.15, -0.1) is 0 Å². The molecule has 0 bridgehead atoms. The second-order valence-corrected chi connectivity index (χ2v) is 7.58. The Morgan fingerprint density at radius 1 is 0.600 bits per heavy atom. The summed E-state index contributed by atoms with van der Waals surface area (Å²) >= 11 is 0. The Morgan fingerprint density at radius 3 is 1.30 bits per heavy atom. The van der Waals surface area contributed by atoms with Crippen LogP contribution >= 0.6 is 0 Å². The molecule has 4 aromatic rings. The van der Waals surface area contributed by atoms with Crippen LogP contribution in [0.2, 0.25) is 0 Å². The van der Waals surface area contributed by atoms with Crippen LogP contribution in [-0.2, 0) is 10.2 Å². The second-order valence-electron chi connectivity index (χ2n) is 7.58. The Balaban J connectivity index is 1.77. The quantitative estimate of drug-likeness (QED) is 0.436. The lowest BCUT2D eigenvalue weighted by molar-refractivity contribution is -0.125. The molecule has 0 atom stereocenters. The molecule has 1 amide bonds. The van der Waals surface area contributed by atoms with Crippen LogP contribution in [0.3, 0.4) is 0 Å². The van der Waals surface area contributed by atoms with Crippen molar-refractivity contribution in [1.29, 1.82) is 0 Å². The lowest BCUT2D eigenvalue weighted by Crippen LogP contribution is -2.44. The Bertz CT molecular complexity index is 998. The zero-order chi connectivity index (χ0) is 20.8. The zero-order valence-electron chi connectivity index (χ0n) is 17.0. The van der Waals surface area contributed by atoms with Gasteiger partial charge in [-0.25, -0.2) is 0 Å². The molecule has 0 aromatic heterocycles. The summed E-state index contributed by atoms with van der Waals surface area (Å²) in [6, 6.07) is 40.0. The molecule has 0 aliphatic heterocycles. The highest BCUT2D eigenvalue weighted by atomic mass is 16.2. The van der Waals surface area contributed by atoms with E-state index in [2.05, 4.69) is 29.6 Å². The largest absolute Gasteiger partial charge is 0.344 e. The summed E-state index contributed by atoms with van der Waals surface area (Å²) in [5.41, 5.74) is 3.23. The molecule has 0 aliphatic rings. The van der Waals surface area contributed by atoms with Gasteiger partial charge < -0.3 is 5.32 Å². The van der Waals surface area contributed by atoms with Gasteiger partial charge in [0.1, 0.15) is 0 Å². The van der Waals surface area contributed by atoms with Crippen molar-refractivity contribution >= 4 is 5.91 Å². The van der Waals surface area contributed by atoms with Gasteiger partial charge in [-0.05, 0) is 29.2 Å². The van der Waals surface area contributed by atoms with E-state index >= 15 is 0 Å². The first-order valence-corrected chi connectivity index (χ1v) is 10.2. The molecule has 1 N–H and O–H groups in total. The van der Waals surface area contributed by atoms with Crippen molar-refractivity contribution in [3.63, 3.8) is 0 Å². The minimum atomic E-state index is -0.815. The van der Waals surface area contributed by atoms with Crippen molar-refractivity contribution in [2.24, 2.45) is 0 Å². The average Bonchev–Trinajstić information content (AvgIpc) is 2.84. The van der Waals surface area contributed by atoms with Gasteiger partial charge in [0.15, 0.2) is 0 Å². The fourth-order valence-corrected chi connectivity index (χ4v) is 3.90. The lowest BCUT2D eigenvalue weighted by atomic mass is 9.75. The Kier molecular flexibility index (Phi) is 5.76. The summed E-state index contributed by atoms with van der Waals surface area (Å²) in [6.45, 7) is 2.00. The second kappa shape index (κ2) is 8.79. The van der Waals surface area contributed by atoms with E-state index < -0.39 is 5.41 Å². The number of hydrogen-bond donors (Lipinski definition) is 1. The molecule has 148 valence electrons. The fraction of sp³-hybridized carbons (Fsp3) is 0.107. The van der Waals surface area contributed by atoms with Gasteiger partial charge >= 0.3 is 0 Å². The minimum absolute atomic E-state index is 0.0300. The SMILES string of the molecule is CC(C(=O)NC(c1ccccc1)c1ccccc1)(c1ccccc1)c1ccccc1. The van der Waals surface area contributed by atoms with Crippen LogP contribution in [0.15, 0.2) is 121 Å². The molecule has 0 radical (unpaired) electrons. The van der Waals surface area contributed by atoms with E-state index in [1.807, 2.05) is 104 Å². The molecular formula is C28H25NO. The van der Waals surface area contributed by atoms with Crippen LogP contribution in [0.4, 0.5) is 0 Å². The molecule has 0 spiro atoms. The smallest absolute Gasteiger partial charge is 0.235 e. The summed E-state index contributed by atoms with van der Waals surface area (Å²) in [5, 5.41) is 3.35. The van der Waals surface area contributed by atoms with Gasteiger partial charge in [-0.2, -0.15) is 0 Å². The summed E-state index contributed by atoms with van der Waals surface area (Å²) in [7, 11) is 0. The van der Waals surface area contributed by atoms with Crippen LogP contribution < -0.4 is 5.32 Å². The zero-order valence-corrected chi connectivity index (χ0v) is 17.0. The minimum Gasteiger partial charge on any atom is -0.344 e. The standard InChI is InChI=1S/C28H25NO/c1-28(24-18-10-4-11-19-24,25-20-12-5-13-21-25)27(30)29-26(22-14-6-2-7-15-22)23-16-8-3-9-17-23/h2-21,26H,1H3,(H,29,30). The maximum absolute atomic E-state index is 13.9. The van der Waals surface area contributed by atoms with Crippen molar-refractivity contribution in [3.05, 3.63) is 144 Å². The average molecular weight is 392 g/mol. The van der Waals surface area contributed by atoms with Crippen LogP contribution in [-0.4, -0.2) is 5.91 Å². The number of benzene rings is 4. The molecule has 0 saturated carbocycles. The first kappa shape index (κ1) is 19.7. The van der Waals surface area contributed by atoms with Gasteiger partial charge in [-0.3, -0.25) is 4.79 Å². The third kappa shape index (κ3) is 3.90. The van der Waals surface area contributed by atoms with Gasteiger partial charge in [0.2, 0.25) is 5.91 Å². The van der Waals surface area contributed by atoms with Crippen molar-refractivity contribution in [2.45, 2.75) is 18.4 Å². The van der Waals surface area contributed by atoms with Gasteiger partial charge in [0.05, 0.1) is 11.5 Å². The molecular weight excluding hydrogens is 366 g/mol. The van der Waals surface area contributed by atoms with Crippen LogP contribution in [0, 0.1) is 0 Å². The highest BCUT2D eigenvalue weighted by molar-refractivity contribution is 5.92. The third-order valence-electron chi connectivity index (χ3n) is 5.70. The summed E-state index contributed by atoms with van der Waals surface area (Å²) in [6.07, 6.45) is 0. The molecule has 0 heterocycles. The van der Waals surface area contributed by atoms with E-state index in [-0.39, 0.29) is 11.9 Å². The number of rotatable bonds is 6. The predicted octanol–water partition coefficient (Wildman–Crippen LogP) is 5.90. The van der Waals surface area contributed by atoms with Gasteiger partial charge in [0, 0.05) is 0 Å². The molecule has 0 unspecified atom stereocenters. The number of carbonyl (C=O) groups is 1. The van der Waals surface area contributed by atoms with Crippen molar-refractivity contribution in [1.82, 2.24) is 5.32 Å². The van der Waals surface area contributed by atoms with Crippen molar-refractivity contribution in [3.8, 4) is 0 Å². The van der Waals surface area contributed by atoms with Crippen LogP contribution in [0.5, 0.6) is 0 Å². The molecule has 30 heavy (non-hydrogen) atoms. The molecule has 0 fully saturated rings. The number of nitrogens with one attached hydrogen (secondary N) is 1. The number of carbonyl (C=O) groups excluding carboxylic acids is 1.